The van der Waals surface area contributed by atoms with Crippen LogP contribution in [0.1, 0.15) is 152 Å². The van der Waals surface area contributed by atoms with Crippen LogP contribution in [0, 0.1) is 113 Å². The molecule has 2 aromatic carbocycles. The van der Waals surface area contributed by atoms with Crippen LogP contribution in [0.15, 0.2) is 60.7 Å². The smallest absolute Gasteiger partial charge is 0.243 e. The standard InChI is InChI=1S/C87H139N23O14.16W/c1-103(2)56-55-88-48-30-23-44-69(97-78(116)62-109(13)14)85(122)100-71(46-28-35-53-93-82(119)67(96-77(115)61-108(11)12)42-25-32-50-90-74(112)58-105(5)6)86(123)101-72(87(124)102-80(64-37-19-17-20-38-64)65-39-21-18-22-40-65)47-29-36-54-94-83(120)68(99-84(121)70(98-79(117)63-110(15)16)45-26-33-51-91-75(113)59-106(7)8)43-27-34-52-92-81(118)66(95-76(114)60-107(9)10)41-24-31-49-89-73(111)57-104(3)4;;;;;;;;;;;;;;;;/h17-22,37-40,66-72,80,88H,1-16,23-36,41-63H2,(H,89,111)(H,90,112)(H,91,113)(H,92,118)(H,93,119)(H,94,120)(H,95,114)(H,96,115)(H,97,116)(H,98,117)(H,99,121)(H,100,122)(H,101,123)(H,102,124);;;;;;;;;;;;;;;;/q-16;;;;;;;;;;;;;;;;. The second kappa shape index (κ2) is 108. The van der Waals surface area contributed by atoms with Crippen molar-refractivity contribution in [1.29, 1.82) is 0 Å². The summed E-state index contributed by atoms with van der Waals surface area (Å²) in [7, 11) is 58.1. The molecule has 53 heteroatoms. The minimum Gasteiger partial charge on any atom is -0.610 e. The SMILES string of the molecule is [CH2-]N([CH2-])CCNCCCCC(NC(=O)CN([CH2-])[CH2-])C(=O)NC(CCCCNC(=O)C(CCCCNC(=O)CN([CH2-])[CH2-])NC(=O)CN([CH2-])[CH2-])C(=O)NC(CCCCNC(=O)C(CCCCNC(=O)C(CCCCNC(=O)CN([CH2-])[CH2-])NC(=O)CN([CH2-])[CH2-])NC(=O)C(CCCCNC(=O)CN([CH2-])[CH2-])NC(=O)CN([CH2-])[CH2-])C(=O)NC(c1ccccc1)c1ccccc1.[W].[W].[W].[W].[W].[W].[W].[W].[W].[W].[W].[W].[W].[W].[W].[W]. The van der Waals surface area contributed by atoms with Crippen LogP contribution < -0.4 is 79.8 Å². The van der Waals surface area contributed by atoms with E-state index in [1.54, 1.807) is 0 Å². The molecule has 0 saturated carbocycles. The molecule has 140 heavy (non-hydrogen) atoms. The molecule has 37 nitrogen and oxygen atoms in total. The maximum atomic E-state index is 15.3. The van der Waals surface area contributed by atoms with Crippen molar-refractivity contribution in [1.82, 2.24) is 119 Å². The molecular weight excluding hydrogens is 4530 g/mol. The molecule has 0 aliphatic rings. The molecule has 2 rings (SSSR count). The van der Waals surface area contributed by atoms with E-state index in [4.69, 9.17) is 0 Å². The van der Waals surface area contributed by atoms with Crippen LogP contribution in [0.4, 0.5) is 0 Å². The first kappa shape index (κ1) is 175. The third-order valence-electron chi connectivity index (χ3n) is 18.7. The first-order valence-corrected chi connectivity index (χ1v) is 41.8. The maximum Gasteiger partial charge on any atom is 0.243 e. The number of amides is 14. The van der Waals surface area contributed by atoms with Gasteiger partial charge in [-0.1, -0.05) is 60.7 Å². The summed E-state index contributed by atoms with van der Waals surface area (Å²) in [5.74, 6) is -7.55. The van der Waals surface area contributed by atoms with E-state index in [-0.39, 0.29) is 510 Å². The van der Waals surface area contributed by atoms with Gasteiger partial charge in [-0.3, -0.25) is 67.1 Å². The molecule has 798 valence electrons. The van der Waals surface area contributed by atoms with Crippen molar-refractivity contribution >= 4 is 82.7 Å². The van der Waals surface area contributed by atoms with Gasteiger partial charge < -0.3 is 232 Å². The Morgan fingerprint density at radius 2 is 0.386 bits per heavy atom. The van der Waals surface area contributed by atoms with Gasteiger partial charge in [0.15, 0.2) is 0 Å². The Balaban J connectivity index is -0.000000751. The number of rotatable bonds is 69. The Morgan fingerprint density at radius 1 is 0.200 bits per heavy atom. The van der Waals surface area contributed by atoms with Crippen molar-refractivity contribution in [3.63, 3.8) is 0 Å². The zero-order valence-electron chi connectivity index (χ0n) is 79.2. The van der Waals surface area contributed by atoms with E-state index in [0.29, 0.717) is 95.2 Å². The summed E-state index contributed by atoms with van der Waals surface area (Å²) >= 11 is 0. The molecule has 0 radical (unpaired) electrons. The molecule has 15 N–H and O–H groups in total. The van der Waals surface area contributed by atoms with E-state index in [2.05, 4.69) is 193 Å². The number of carbonyl (C=O) groups is 14. The number of unbranched alkanes of at least 4 members (excludes halogenated alkanes) is 7. The van der Waals surface area contributed by atoms with Crippen LogP contribution in [-0.2, 0) is 404 Å². The van der Waals surface area contributed by atoms with E-state index in [1.807, 2.05) is 60.7 Å². The Kier molecular flexibility index (Phi) is 134. The molecule has 7 atom stereocenters. The van der Waals surface area contributed by atoms with Crippen molar-refractivity contribution in [3.05, 3.63) is 185 Å². The Hall–Kier alpha value is 1.67. The van der Waals surface area contributed by atoms with Crippen molar-refractivity contribution < 1.29 is 404 Å². The van der Waals surface area contributed by atoms with Gasteiger partial charge in [-0.25, -0.2) is 0 Å². The van der Waals surface area contributed by atoms with Gasteiger partial charge >= 0.3 is 0 Å². The summed E-state index contributed by atoms with van der Waals surface area (Å²) in [6.07, 6.45) is 5.41. The van der Waals surface area contributed by atoms with Crippen LogP contribution in [0.25, 0.3) is 0 Å². The second-order valence-electron chi connectivity index (χ2n) is 30.8. The summed E-state index contributed by atoms with van der Waals surface area (Å²) in [5.41, 5.74) is 1.42. The minimum atomic E-state index is -1.37. The largest absolute Gasteiger partial charge is 0.610 e. The predicted octanol–water partition coefficient (Wildman–Crippen LogP) is 0.806. The Labute approximate surface area is 1060 Å². The fourth-order valence-corrected chi connectivity index (χ4v) is 12.6. The molecule has 0 fully saturated rings. The van der Waals surface area contributed by atoms with E-state index in [0.717, 1.165) is 19.6 Å². The predicted molar refractivity (Wildman–Crippen MR) is 474 cm³/mol. The van der Waals surface area contributed by atoms with Crippen molar-refractivity contribution in [2.24, 2.45) is 0 Å². The van der Waals surface area contributed by atoms with Gasteiger partial charge in [0.2, 0.25) is 82.7 Å². The average Bonchev–Trinajstić information content (AvgIpc) is 0.834. The summed E-state index contributed by atoms with van der Waals surface area (Å²) in [6, 6.07) is 9.28. The molecule has 0 aromatic heterocycles. The normalized spacial score (nSPS) is 11.7. The van der Waals surface area contributed by atoms with Crippen LogP contribution in [0.3, 0.4) is 0 Å². The number of benzene rings is 2. The number of hydrogen-bond donors (Lipinski definition) is 15. The quantitative estimate of drug-likeness (QED) is 0.0322. The molecule has 0 aliphatic heterocycles. The zero-order chi connectivity index (χ0) is 92.3. The molecule has 0 heterocycles. The third-order valence-corrected chi connectivity index (χ3v) is 18.7. The summed E-state index contributed by atoms with van der Waals surface area (Å²) in [6.45, 7) is 1.54. The molecule has 0 saturated heterocycles. The average molecular weight is 4670 g/mol. The van der Waals surface area contributed by atoms with Crippen LogP contribution in [-0.4, -0.2) is 269 Å². The first-order chi connectivity index (χ1) is 58.9. The van der Waals surface area contributed by atoms with Gasteiger partial charge in [0.25, 0.3) is 0 Å². The van der Waals surface area contributed by atoms with Gasteiger partial charge in [-0.05, 0) is 159 Å². The van der Waals surface area contributed by atoms with Gasteiger partial charge in [0.1, 0.15) is 42.3 Å². The monoisotopic (exact) mass is 4670 g/mol. The van der Waals surface area contributed by atoms with Gasteiger partial charge in [-0.15, -0.1) is 0 Å². The minimum absolute atomic E-state index is 0. The fraction of sp³-hybridized carbons (Fsp3) is 0.517. The number of hydrogen-bond acceptors (Lipinski definition) is 23. The van der Waals surface area contributed by atoms with Gasteiger partial charge in [0, 0.05) is 429 Å². The Bertz CT molecular complexity index is 3500. The molecule has 0 bridgehead atoms. The molecule has 2 aromatic rings. The van der Waals surface area contributed by atoms with Crippen molar-refractivity contribution in [3.8, 4) is 0 Å². The summed E-state index contributed by atoms with van der Waals surface area (Å²) in [4.78, 5) is 201. The van der Waals surface area contributed by atoms with E-state index in [9.17, 15) is 57.5 Å². The third kappa shape index (κ3) is 91.1. The molecular formula is C87H139N23O14W16-16. The van der Waals surface area contributed by atoms with Crippen molar-refractivity contribution in [2.45, 2.75) is 183 Å². The number of nitrogens with one attached hydrogen (secondary N) is 15. The van der Waals surface area contributed by atoms with Crippen LogP contribution in [0.5, 0.6) is 0 Å². The second-order valence-corrected chi connectivity index (χ2v) is 30.8. The first-order valence-electron chi connectivity index (χ1n) is 41.8. The molecule has 0 spiro atoms. The summed E-state index contributed by atoms with van der Waals surface area (Å²) < 4.78 is 0. The summed E-state index contributed by atoms with van der Waals surface area (Å²) in [5, 5.41) is 42.9. The van der Waals surface area contributed by atoms with E-state index in [1.165, 1.54) is 19.6 Å². The van der Waals surface area contributed by atoms with Gasteiger partial charge in [0.05, 0.1) is 6.04 Å². The van der Waals surface area contributed by atoms with E-state index < -0.39 is 113 Å². The van der Waals surface area contributed by atoms with Crippen LogP contribution in [0.2, 0.25) is 0 Å². The number of carbonyl (C=O) groups excluding carboxylic acids is 14. The zero-order valence-corrected chi connectivity index (χ0v) is 126. The van der Waals surface area contributed by atoms with E-state index >= 15 is 9.59 Å². The molecule has 14 amide bonds. The maximum absolute atomic E-state index is 15.3. The Morgan fingerprint density at radius 3 is 0.607 bits per heavy atom. The van der Waals surface area contributed by atoms with Gasteiger partial charge in [-0.2, -0.15) is 0 Å². The van der Waals surface area contributed by atoms with Crippen LogP contribution >= 0.6 is 0 Å². The van der Waals surface area contributed by atoms with Crippen molar-refractivity contribution in [2.75, 3.05) is 105 Å². The molecule has 0 aliphatic carbocycles. The topological polar surface area (TPSA) is 445 Å². The number of nitrogens with zero attached hydrogens (tertiary/aromatic N) is 8. The fourth-order valence-electron chi connectivity index (χ4n) is 12.6. The molecule has 7 unspecified atom stereocenters.